The van der Waals surface area contributed by atoms with E-state index in [4.69, 9.17) is 21.1 Å². The Morgan fingerprint density at radius 1 is 1.22 bits per heavy atom. The van der Waals surface area contributed by atoms with E-state index in [-0.39, 0.29) is 5.15 Å². The van der Waals surface area contributed by atoms with Crippen LogP contribution in [0.15, 0.2) is 18.2 Å². The number of imidazole rings is 1. The molecule has 0 saturated carbocycles. The van der Waals surface area contributed by atoms with E-state index < -0.39 is 12.2 Å². The summed E-state index contributed by atoms with van der Waals surface area (Å²) in [5.41, 5.74) is 1.89. The predicted octanol–water partition coefficient (Wildman–Crippen LogP) is 3.46. The van der Waals surface area contributed by atoms with E-state index in [1.54, 1.807) is 18.2 Å². The highest BCUT2D eigenvalue weighted by atomic mass is 35.5. The van der Waals surface area contributed by atoms with Crippen molar-refractivity contribution in [1.29, 1.82) is 0 Å². The highest BCUT2D eigenvalue weighted by Crippen LogP contribution is 2.37. The molecule has 1 aliphatic rings. The van der Waals surface area contributed by atoms with Gasteiger partial charge in [0.15, 0.2) is 11.6 Å². The number of aromatic nitrogens is 4. The van der Waals surface area contributed by atoms with E-state index in [0.29, 0.717) is 60.3 Å². The minimum atomic E-state index is -2.70. The maximum absolute atomic E-state index is 13.0. The first-order valence-corrected chi connectivity index (χ1v) is 8.67. The van der Waals surface area contributed by atoms with Crippen molar-refractivity contribution in [2.45, 2.75) is 6.43 Å². The summed E-state index contributed by atoms with van der Waals surface area (Å²) in [4.78, 5) is 17.4. The van der Waals surface area contributed by atoms with Gasteiger partial charge in [-0.05, 0) is 12.1 Å². The van der Waals surface area contributed by atoms with Crippen molar-refractivity contribution >= 4 is 28.6 Å². The summed E-state index contributed by atoms with van der Waals surface area (Å²) in [5, 5.41) is 0.277. The summed E-state index contributed by atoms with van der Waals surface area (Å²) in [7, 11) is 1.46. The van der Waals surface area contributed by atoms with Crippen LogP contribution in [-0.2, 0) is 4.74 Å². The number of morpholine rings is 1. The van der Waals surface area contributed by atoms with Crippen molar-refractivity contribution in [3.05, 3.63) is 29.2 Å². The fourth-order valence-electron chi connectivity index (χ4n) is 3.03. The number of rotatable bonds is 4. The number of H-pyrrole nitrogens is 1. The second kappa shape index (κ2) is 7.24. The molecule has 4 rings (SSSR count). The normalized spacial score (nSPS) is 14.9. The predicted molar refractivity (Wildman–Crippen MR) is 96.7 cm³/mol. The zero-order valence-corrected chi connectivity index (χ0v) is 15.1. The van der Waals surface area contributed by atoms with Crippen LogP contribution in [0.25, 0.3) is 22.3 Å². The van der Waals surface area contributed by atoms with Gasteiger partial charge in [0.25, 0.3) is 6.43 Å². The summed E-state index contributed by atoms with van der Waals surface area (Å²) < 4.78 is 36.8. The average molecular weight is 396 g/mol. The van der Waals surface area contributed by atoms with Crippen LogP contribution in [0.2, 0.25) is 5.15 Å². The first kappa shape index (κ1) is 17.9. The van der Waals surface area contributed by atoms with Gasteiger partial charge in [0, 0.05) is 24.7 Å². The number of hydrogen-bond acceptors (Lipinski definition) is 6. The lowest BCUT2D eigenvalue weighted by Gasteiger charge is -2.27. The van der Waals surface area contributed by atoms with Gasteiger partial charge in [0.2, 0.25) is 5.95 Å². The van der Waals surface area contributed by atoms with E-state index in [1.165, 1.54) is 7.11 Å². The van der Waals surface area contributed by atoms with Crippen molar-refractivity contribution in [2.75, 3.05) is 38.3 Å². The van der Waals surface area contributed by atoms with Crippen LogP contribution in [0.1, 0.15) is 12.2 Å². The molecule has 0 bridgehead atoms. The van der Waals surface area contributed by atoms with Gasteiger partial charge >= 0.3 is 0 Å². The highest BCUT2D eigenvalue weighted by molar-refractivity contribution is 6.29. The van der Waals surface area contributed by atoms with Gasteiger partial charge < -0.3 is 19.4 Å². The van der Waals surface area contributed by atoms with Gasteiger partial charge in [0.05, 0.1) is 31.5 Å². The van der Waals surface area contributed by atoms with E-state index in [2.05, 4.69) is 19.9 Å². The molecule has 1 fully saturated rings. The molecule has 1 N–H and O–H groups in total. The minimum absolute atomic E-state index is 0.277. The number of nitrogens with one attached hydrogen (secondary N) is 1. The number of aromatic amines is 1. The standard InChI is InChI=1S/C17H16ClF2N5O2/c1-26-14-9(2-3-10-13(14)24-16(21-10)15(19)20)11-8-12(18)23-17(22-11)25-4-6-27-7-5-25/h2-3,8,15H,4-7H2,1H3,(H,21,24). The summed E-state index contributed by atoms with van der Waals surface area (Å²) in [5.74, 6) is 0.423. The topological polar surface area (TPSA) is 76.2 Å². The summed E-state index contributed by atoms with van der Waals surface area (Å²) in [6, 6.07) is 5.00. The van der Waals surface area contributed by atoms with Crippen molar-refractivity contribution in [3.8, 4) is 17.0 Å². The number of halogens is 3. The molecule has 0 atom stereocenters. The maximum atomic E-state index is 13.0. The molecule has 2 aromatic heterocycles. The van der Waals surface area contributed by atoms with Crippen molar-refractivity contribution in [3.63, 3.8) is 0 Å². The molecule has 27 heavy (non-hydrogen) atoms. The molecule has 0 amide bonds. The van der Waals surface area contributed by atoms with Crippen molar-refractivity contribution in [1.82, 2.24) is 19.9 Å². The Kier molecular flexibility index (Phi) is 4.79. The third-order valence-corrected chi connectivity index (χ3v) is 4.48. The number of methoxy groups -OCH3 is 1. The molecule has 142 valence electrons. The number of anilines is 1. The zero-order valence-electron chi connectivity index (χ0n) is 14.4. The Balaban J connectivity index is 1.82. The molecule has 0 unspecified atom stereocenters. The van der Waals surface area contributed by atoms with Crippen LogP contribution in [0, 0.1) is 0 Å². The smallest absolute Gasteiger partial charge is 0.295 e. The van der Waals surface area contributed by atoms with Gasteiger partial charge in [0.1, 0.15) is 10.7 Å². The third-order valence-electron chi connectivity index (χ3n) is 4.29. The third kappa shape index (κ3) is 3.40. The first-order valence-electron chi connectivity index (χ1n) is 8.29. The molecule has 7 nitrogen and oxygen atoms in total. The highest BCUT2D eigenvalue weighted by Gasteiger charge is 2.21. The van der Waals surface area contributed by atoms with Gasteiger partial charge in [-0.15, -0.1) is 0 Å². The summed E-state index contributed by atoms with van der Waals surface area (Å²) in [6.45, 7) is 2.49. The lowest BCUT2D eigenvalue weighted by molar-refractivity contribution is 0.122. The molecule has 1 saturated heterocycles. The van der Waals surface area contributed by atoms with E-state index in [1.807, 2.05) is 4.90 Å². The van der Waals surface area contributed by atoms with Gasteiger partial charge in [-0.2, -0.15) is 0 Å². The zero-order chi connectivity index (χ0) is 19.0. The Morgan fingerprint density at radius 3 is 2.70 bits per heavy atom. The Labute approximate surface area is 158 Å². The van der Waals surface area contributed by atoms with Crippen LogP contribution in [0.5, 0.6) is 5.75 Å². The van der Waals surface area contributed by atoms with Crippen LogP contribution in [0.3, 0.4) is 0 Å². The SMILES string of the molecule is COc1c(-c2cc(Cl)nc(N3CCOCC3)n2)ccc2[nH]c(C(F)F)nc12. The number of alkyl halides is 2. The van der Waals surface area contributed by atoms with Crippen LogP contribution in [-0.4, -0.2) is 53.3 Å². The fourth-order valence-corrected chi connectivity index (χ4v) is 3.21. The van der Waals surface area contributed by atoms with Crippen molar-refractivity contribution < 1.29 is 18.3 Å². The monoisotopic (exact) mass is 395 g/mol. The quantitative estimate of drug-likeness (QED) is 0.682. The number of nitrogens with zero attached hydrogens (tertiary/aromatic N) is 4. The lowest BCUT2D eigenvalue weighted by atomic mass is 10.1. The Hall–Kier alpha value is -2.52. The van der Waals surface area contributed by atoms with Crippen LogP contribution in [0.4, 0.5) is 14.7 Å². The minimum Gasteiger partial charge on any atom is -0.494 e. The summed E-state index contributed by atoms with van der Waals surface area (Å²) >= 11 is 6.21. The molecular weight excluding hydrogens is 380 g/mol. The molecule has 0 radical (unpaired) electrons. The second-order valence-corrected chi connectivity index (χ2v) is 6.33. The lowest BCUT2D eigenvalue weighted by Crippen LogP contribution is -2.37. The Bertz CT molecular complexity index is 975. The molecule has 3 heterocycles. The van der Waals surface area contributed by atoms with Crippen LogP contribution < -0.4 is 9.64 Å². The first-order chi connectivity index (χ1) is 13.1. The van der Waals surface area contributed by atoms with Gasteiger partial charge in [-0.25, -0.2) is 23.7 Å². The van der Waals surface area contributed by atoms with Gasteiger partial charge in [-0.3, -0.25) is 0 Å². The molecule has 3 aromatic rings. The summed E-state index contributed by atoms with van der Waals surface area (Å²) in [6.07, 6.45) is -2.70. The van der Waals surface area contributed by atoms with E-state index in [0.717, 1.165) is 0 Å². The fraction of sp³-hybridized carbons (Fsp3) is 0.353. The number of benzene rings is 1. The Morgan fingerprint density at radius 2 is 2.00 bits per heavy atom. The molecule has 10 heteroatoms. The maximum Gasteiger partial charge on any atom is 0.295 e. The number of hydrogen-bond donors (Lipinski definition) is 1. The molecule has 0 aliphatic carbocycles. The second-order valence-electron chi connectivity index (χ2n) is 5.94. The van der Waals surface area contributed by atoms with E-state index in [9.17, 15) is 8.78 Å². The van der Waals surface area contributed by atoms with E-state index >= 15 is 0 Å². The molecule has 0 spiro atoms. The van der Waals surface area contributed by atoms with Crippen LogP contribution >= 0.6 is 11.6 Å². The number of ether oxygens (including phenoxy) is 2. The molecule has 1 aromatic carbocycles. The molecular formula is C17H16ClF2N5O2. The van der Waals surface area contributed by atoms with Gasteiger partial charge in [-0.1, -0.05) is 11.6 Å². The van der Waals surface area contributed by atoms with Crippen molar-refractivity contribution in [2.24, 2.45) is 0 Å². The largest absolute Gasteiger partial charge is 0.494 e. The average Bonchev–Trinajstić information content (AvgIpc) is 3.12. The molecule has 1 aliphatic heterocycles. The number of fused-ring (bicyclic) bond motifs is 1.